The summed E-state index contributed by atoms with van der Waals surface area (Å²) in [6.07, 6.45) is 2.85. The first-order chi connectivity index (χ1) is 10.1. The number of carbonyl (C=O) groups excluding carboxylic acids is 1. The number of hydrogen-bond donors (Lipinski definition) is 2. The summed E-state index contributed by atoms with van der Waals surface area (Å²) >= 11 is 0. The fraction of sp³-hybridized carbons (Fsp3) is 0.562. The van der Waals surface area contributed by atoms with Gasteiger partial charge in [-0.1, -0.05) is 12.5 Å². The maximum absolute atomic E-state index is 12.2. The van der Waals surface area contributed by atoms with Gasteiger partial charge in [0.05, 0.1) is 5.92 Å². The molecule has 5 nitrogen and oxygen atoms in total. The van der Waals surface area contributed by atoms with E-state index in [1.807, 2.05) is 38.4 Å². The van der Waals surface area contributed by atoms with Gasteiger partial charge in [-0.25, -0.2) is 0 Å². The standard InChI is InChI=1S/C16H25N3O2.2ClH/c1-19(2)9-10-21-13-6-3-5-12(11-13)18-16(20)14-7-4-8-15(14)17;;/h3,5-6,11,14-15H,4,7-10,17H2,1-2H3,(H,18,20);2*1H. The van der Waals surface area contributed by atoms with Crippen molar-refractivity contribution in [2.45, 2.75) is 25.3 Å². The van der Waals surface area contributed by atoms with Gasteiger partial charge in [0.25, 0.3) is 0 Å². The van der Waals surface area contributed by atoms with Crippen molar-refractivity contribution in [2.75, 3.05) is 32.6 Å². The first kappa shape index (κ1) is 22.0. The summed E-state index contributed by atoms with van der Waals surface area (Å²) in [6, 6.07) is 7.50. The lowest BCUT2D eigenvalue weighted by Gasteiger charge is -2.16. The second-order valence-electron chi connectivity index (χ2n) is 5.87. The van der Waals surface area contributed by atoms with Crippen molar-refractivity contribution < 1.29 is 9.53 Å². The van der Waals surface area contributed by atoms with Gasteiger partial charge in [0, 0.05) is 24.3 Å². The second kappa shape index (κ2) is 10.7. The Balaban J connectivity index is 0.00000242. The van der Waals surface area contributed by atoms with E-state index in [1.54, 1.807) is 0 Å². The molecule has 1 fully saturated rings. The quantitative estimate of drug-likeness (QED) is 0.814. The van der Waals surface area contributed by atoms with Crippen LogP contribution < -0.4 is 15.8 Å². The van der Waals surface area contributed by atoms with Crippen LogP contribution in [0.2, 0.25) is 0 Å². The van der Waals surface area contributed by atoms with E-state index < -0.39 is 0 Å². The first-order valence-electron chi connectivity index (χ1n) is 7.50. The number of rotatable bonds is 6. The summed E-state index contributed by atoms with van der Waals surface area (Å²) in [4.78, 5) is 14.3. The molecular weight excluding hydrogens is 337 g/mol. The molecular formula is C16H27Cl2N3O2. The van der Waals surface area contributed by atoms with Crippen molar-refractivity contribution in [3.05, 3.63) is 24.3 Å². The van der Waals surface area contributed by atoms with E-state index in [-0.39, 0.29) is 42.7 Å². The molecule has 0 heterocycles. The van der Waals surface area contributed by atoms with E-state index in [4.69, 9.17) is 10.5 Å². The minimum atomic E-state index is -0.0664. The Morgan fingerprint density at radius 3 is 2.70 bits per heavy atom. The maximum Gasteiger partial charge on any atom is 0.229 e. The van der Waals surface area contributed by atoms with Gasteiger partial charge >= 0.3 is 0 Å². The molecule has 0 bridgehead atoms. The molecule has 23 heavy (non-hydrogen) atoms. The minimum Gasteiger partial charge on any atom is -0.492 e. The number of benzene rings is 1. The molecule has 1 amide bonds. The summed E-state index contributed by atoms with van der Waals surface area (Å²) in [6.45, 7) is 1.48. The van der Waals surface area contributed by atoms with Crippen molar-refractivity contribution in [1.82, 2.24) is 4.90 Å². The van der Waals surface area contributed by atoms with E-state index in [9.17, 15) is 4.79 Å². The third-order valence-electron chi connectivity index (χ3n) is 3.81. The van der Waals surface area contributed by atoms with E-state index in [0.717, 1.165) is 37.2 Å². The molecule has 2 rings (SSSR count). The summed E-state index contributed by atoms with van der Waals surface area (Å²) in [5, 5.41) is 2.94. The first-order valence-corrected chi connectivity index (χ1v) is 7.50. The number of anilines is 1. The Morgan fingerprint density at radius 2 is 2.09 bits per heavy atom. The molecule has 1 aliphatic rings. The number of hydrogen-bond acceptors (Lipinski definition) is 4. The molecule has 0 aliphatic heterocycles. The zero-order chi connectivity index (χ0) is 15.2. The predicted molar refractivity (Wildman–Crippen MR) is 98.9 cm³/mol. The van der Waals surface area contributed by atoms with Crippen LogP contribution in [-0.2, 0) is 4.79 Å². The molecule has 0 radical (unpaired) electrons. The molecule has 7 heteroatoms. The van der Waals surface area contributed by atoms with Gasteiger partial charge in [0.15, 0.2) is 0 Å². The Kier molecular flexibility index (Phi) is 10.2. The van der Waals surface area contributed by atoms with Gasteiger partial charge in [-0.2, -0.15) is 0 Å². The number of nitrogens with one attached hydrogen (secondary N) is 1. The molecule has 3 N–H and O–H groups in total. The van der Waals surface area contributed by atoms with Crippen molar-refractivity contribution in [3.63, 3.8) is 0 Å². The van der Waals surface area contributed by atoms with Crippen LogP contribution in [-0.4, -0.2) is 44.1 Å². The smallest absolute Gasteiger partial charge is 0.229 e. The topological polar surface area (TPSA) is 67.6 Å². The Labute approximate surface area is 150 Å². The molecule has 2 atom stereocenters. The molecule has 0 saturated heterocycles. The minimum absolute atomic E-state index is 0. The van der Waals surface area contributed by atoms with Crippen LogP contribution in [0.5, 0.6) is 5.75 Å². The lowest BCUT2D eigenvalue weighted by atomic mass is 10.0. The van der Waals surface area contributed by atoms with Crippen molar-refractivity contribution in [1.29, 1.82) is 0 Å². The predicted octanol–water partition coefficient (Wildman–Crippen LogP) is 2.54. The highest BCUT2D eigenvalue weighted by atomic mass is 35.5. The van der Waals surface area contributed by atoms with Gasteiger partial charge < -0.3 is 20.7 Å². The molecule has 1 saturated carbocycles. The van der Waals surface area contributed by atoms with Crippen LogP contribution in [0.4, 0.5) is 5.69 Å². The highest BCUT2D eigenvalue weighted by molar-refractivity contribution is 5.93. The molecule has 132 valence electrons. The van der Waals surface area contributed by atoms with Gasteiger partial charge in [-0.3, -0.25) is 4.79 Å². The van der Waals surface area contributed by atoms with Crippen LogP contribution >= 0.6 is 24.8 Å². The van der Waals surface area contributed by atoms with E-state index >= 15 is 0 Å². The highest BCUT2D eigenvalue weighted by Gasteiger charge is 2.30. The van der Waals surface area contributed by atoms with Crippen molar-refractivity contribution in [3.8, 4) is 5.75 Å². The van der Waals surface area contributed by atoms with Crippen molar-refractivity contribution in [2.24, 2.45) is 11.7 Å². The molecule has 1 aliphatic carbocycles. The third-order valence-corrected chi connectivity index (χ3v) is 3.81. The summed E-state index contributed by atoms with van der Waals surface area (Å²) in [5.41, 5.74) is 6.73. The fourth-order valence-electron chi connectivity index (χ4n) is 2.56. The number of nitrogens with zero attached hydrogens (tertiary/aromatic N) is 1. The molecule has 1 aromatic rings. The Hall–Kier alpha value is -1.01. The average molecular weight is 364 g/mol. The molecule has 0 aromatic heterocycles. The Morgan fingerprint density at radius 1 is 1.35 bits per heavy atom. The van der Waals surface area contributed by atoms with Gasteiger partial charge in [-0.15, -0.1) is 24.8 Å². The molecule has 0 spiro atoms. The molecule has 1 aromatic carbocycles. The van der Waals surface area contributed by atoms with Crippen molar-refractivity contribution >= 4 is 36.4 Å². The third kappa shape index (κ3) is 6.96. The van der Waals surface area contributed by atoms with Crippen LogP contribution in [0.25, 0.3) is 0 Å². The number of ether oxygens (including phenoxy) is 1. The van der Waals surface area contributed by atoms with Gasteiger partial charge in [0.2, 0.25) is 5.91 Å². The van der Waals surface area contributed by atoms with Crippen LogP contribution in [0, 0.1) is 5.92 Å². The largest absolute Gasteiger partial charge is 0.492 e. The summed E-state index contributed by atoms with van der Waals surface area (Å²) < 4.78 is 5.67. The summed E-state index contributed by atoms with van der Waals surface area (Å²) in [5.74, 6) is 0.721. The lowest BCUT2D eigenvalue weighted by molar-refractivity contribution is -0.120. The Bertz CT molecular complexity index is 486. The van der Waals surface area contributed by atoms with Crippen LogP contribution in [0.1, 0.15) is 19.3 Å². The number of likely N-dealkylation sites (N-methyl/N-ethyl adjacent to an activating group) is 1. The highest BCUT2D eigenvalue weighted by Crippen LogP contribution is 2.26. The normalized spacial score (nSPS) is 19.7. The monoisotopic (exact) mass is 363 g/mol. The fourth-order valence-corrected chi connectivity index (χ4v) is 2.56. The maximum atomic E-state index is 12.2. The number of carbonyl (C=O) groups is 1. The average Bonchev–Trinajstić information content (AvgIpc) is 2.85. The number of halogens is 2. The van der Waals surface area contributed by atoms with Gasteiger partial charge in [-0.05, 0) is 39.1 Å². The molecule has 2 unspecified atom stereocenters. The van der Waals surface area contributed by atoms with E-state index in [0.29, 0.717) is 6.61 Å². The zero-order valence-corrected chi connectivity index (χ0v) is 15.3. The number of amides is 1. The van der Waals surface area contributed by atoms with Gasteiger partial charge in [0.1, 0.15) is 12.4 Å². The van der Waals surface area contributed by atoms with Crippen LogP contribution in [0.15, 0.2) is 24.3 Å². The van der Waals surface area contributed by atoms with E-state index in [2.05, 4.69) is 10.2 Å². The lowest BCUT2D eigenvalue weighted by Crippen LogP contribution is -2.34. The summed E-state index contributed by atoms with van der Waals surface area (Å²) in [7, 11) is 4.01. The SMILES string of the molecule is CN(C)CCOc1cccc(NC(=O)C2CCCC2N)c1.Cl.Cl. The second-order valence-corrected chi connectivity index (χ2v) is 5.87. The van der Waals surface area contributed by atoms with E-state index in [1.165, 1.54) is 0 Å². The van der Waals surface area contributed by atoms with Crippen LogP contribution in [0.3, 0.4) is 0 Å². The zero-order valence-electron chi connectivity index (χ0n) is 13.7. The number of nitrogens with two attached hydrogens (primary N) is 1.